The molecule has 2 heterocycles. The molecule has 1 aliphatic rings. The standard InChI is InChI=1S/C20H25NO3S/c1-23-17-9-7-16(8-10-17)14-18-15-21(11-12-24-18)20(22)6-2-4-19-5-3-13-25-19/h3,5,7-10,13,18H,2,4,6,11-12,14-15H2,1H3. The molecule has 25 heavy (non-hydrogen) atoms. The minimum absolute atomic E-state index is 0.0726. The smallest absolute Gasteiger partial charge is 0.222 e. The molecule has 1 fully saturated rings. The Hall–Kier alpha value is -1.85. The number of thiophene rings is 1. The molecule has 0 saturated carbocycles. The minimum Gasteiger partial charge on any atom is -0.497 e. The van der Waals surface area contributed by atoms with E-state index in [2.05, 4.69) is 29.6 Å². The molecule has 0 N–H and O–H groups in total. The molecule has 1 aliphatic heterocycles. The molecular formula is C20H25NO3S. The van der Waals surface area contributed by atoms with Crippen molar-refractivity contribution in [2.75, 3.05) is 26.8 Å². The number of benzene rings is 1. The van der Waals surface area contributed by atoms with Gasteiger partial charge < -0.3 is 14.4 Å². The molecule has 0 spiro atoms. The second-order valence-corrected chi connectivity index (χ2v) is 7.35. The number of aryl methyl sites for hydroxylation is 1. The molecule has 1 aromatic heterocycles. The molecule has 0 bridgehead atoms. The van der Waals surface area contributed by atoms with Gasteiger partial charge in [0.2, 0.25) is 5.91 Å². The van der Waals surface area contributed by atoms with Crippen LogP contribution in [0.2, 0.25) is 0 Å². The number of carbonyl (C=O) groups is 1. The number of rotatable bonds is 7. The molecule has 0 radical (unpaired) electrons. The number of ether oxygens (including phenoxy) is 2. The van der Waals surface area contributed by atoms with Gasteiger partial charge in [-0.3, -0.25) is 4.79 Å². The van der Waals surface area contributed by atoms with E-state index in [1.165, 1.54) is 10.4 Å². The van der Waals surface area contributed by atoms with Gasteiger partial charge in [-0.1, -0.05) is 18.2 Å². The van der Waals surface area contributed by atoms with Crippen LogP contribution in [0.3, 0.4) is 0 Å². The fourth-order valence-electron chi connectivity index (χ4n) is 3.12. The average molecular weight is 359 g/mol. The van der Waals surface area contributed by atoms with Crippen LogP contribution in [0.1, 0.15) is 23.3 Å². The first-order chi connectivity index (χ1) is 12.2. The lowest BCUT2D eigenvalue weighted by atomic mass is 10.1. The fourth-order valence-corrected chi connectivity index (χ4v) is 3.87. The highest BCUT2D eigenvalue weighted by molar-refractivity contribution is 7.09. The highest BCUT2D eigenvalue weighted by Crippen LogP contribution is 2.17. The van der Waals surface area contributed by atoms with E-state index in [0.717, 1.165) is 25.0 Å². The quantitative estimate of drug-likeness (QED) is 0.759. The van der Waals surface area contributed by atoms with E-state index in [4.69, 9.17) is 9.47 Å². The lowest BCUT2D eigenvalue weighted by molar-refractivity contribution is -0.138. The summed E-state index contributed by atoms with van der Waals surface area (Å²) in [6.45, 7) is 2.01. The van der Waals surface area contributed by atoms with Crippen LogP contribution in [0.5, 0.6) is 5.75 Å². The zero-order valence-electron chi connectivity index (χ0n) is 14.6. The zero-order valence-corrected chi connectivity index (χ0v) is 15.5. The van der Waals surface area contributed by atoms with Crippen LogP contribution in [0.25, 0.3) is 0 Å². The lowest BCUT2D eigenvalue weighted by Crippen LogP contribution is -2.46. The molecule has 1 unspecified atom stereocenters. The third kappa shape index (κ3) is 5.31. The Bertz CT molecular complexity index is 654. The van der Waals surface area contributed by atoms with Gasteiger partial charge in [0.1, 0.15) is 5.75 Å². The summed E-state index contributed by atoms with van der Waals surface area (Å²) in [5.41, 5.74) is 1.21. The van der Waals surface area contributed by atoms with Gasteiger partial charge in [-0.15, -0.1) is 11.3 Å². The monoisotopic (exact) mass is 359 g/mol. The second kappa shape index (κ2) is 9.02. The van der Waals surface area contributed by atoms with Crippen molar-refractivity contribution in [3.8, 4) is 5.75 Å². The Morgan fingerprint density at radius 3 is 2.88 bits per heavy atom. The Morgan fingerprint density at radius 2 is 2.16 bits per heavy atom. The maximum absolute atomic E-state index is 12.5. The van der Waals surface area contributed by atoms with Gasteiger partial charge in [0.15, 0.2) is 0 Å². The average Bonchev–Trinajstić information content (AvgIpc) is 3.16. The summed E-state index contributed by atoms with van der Waals surface area (Å²) < 4.78 is 11.0. The van der Waals surface area contributed by atoms with Gasteiger partial charge in [-0.05, 0) is 42.0 Å². The van der Waals surface area contributed by atoms with Crippen molar-refractivity contribution >= 4 is 17.2 Å². The third-order valence-corrected chi connectivity index (χ3v) is 5.44. The topological polar surface area (TPSA) is 38.8 Å². The summed E-state index contributed by atoms with van der Waals surface area (Å²) >= 11 is 1.76. The molecule has 1 saturated heterocycles. The Labute approximate surface area is 153 Å². The van der Waals surface area contributed by atoms with Gasteiger partial charge in [0, 0.05) is 30.8 Å². The lowest BCUT2D eigenvalue weighted by Gasteiger charge is -2.33. The van der Waals surface area contributed by atoms with Gasteiger partial charge >= 0.3 is 0 Å². The number of carbonyl (C=O) groups excluding carboxylic acids is 1. The van der Waals surface area contributed by atoms with Crippen molar-refractivity contribution in [1.29, 1.82) is 0 Å². The summed E-state index contributed by atoms with van der Waals surface area (Å²) in [6.07, 6.45) is 3.42. The summed E-state index contributed by atoms with van der Waals surface area (Å²) in [5.74, 6) is 1.11. The van der Waals surface area contributed by atoms with Crippen LogP contribution in [0, 0.1) is 0 Å². The molecule has 0 aliphatic carbocycles. The Kier molecular flexibility index (Phi) is 6.48. The first kappa shape index (κ1) is 18.0. The molecule has 4 nitrogen and oxygen atoms in total. The second-order valence-electron chi connectivity index (χ2n) is 6.32. The predicted molar refractivity (Wildman–Crippen MR) is 100 cm³/mol. The van der Waals surface area contributed by atoms with E-state index < -0.39 is 0 Å². The van der Waals surface area contributed by atoms with E-state index in [1.54, 1.807) is 18.4 Å². The van der Waals surface area contributed by atoms with Crippen molar-refractivity contribution in [3.05, 3.63) is 52.2 Å². The largest absolute Gasteiger partial charge is 0.497 e. The number of amides is 1. The predicted octanol–water partition coefficient (Wildman–Crippen LogP) is 3.55. The highest BCUT2D eigenvalue weighted by Gasteiger charge is 2.24. The normalized spacial score (nSPS) is 17.5. The first-order valence-corrected chi connectivity index (χ1v) is 9.67. The van der Waals surface area contributed by atoms with Crippen LogP contribution >= 0.6 is 11.3 Å². The van der Waals surface area contributed by atoms with Gasteiger partial charge in [0.25, 0.3) is 0 Å². The summed E-state index contributed by atoms with van der Waals surface area (Å²) in [6, 6.07) is 12.2. The number of methoxy groups -OCH3 is 1. The van der Waals surface area contributed by atoms with Crippen molar-refractivity contribution in [3.63, 3.8) is 0 Å². The summed E-state index contributed by atoms with van der Waals surface area (Å²) in [4.78, 5) is 15.8. The molecule has 2 aromatic rings. The third-order valence-electron chi connectivity index (χ3n) is 4.51. The number of nitrogens with zero attached hydrogens (tertiary/aromatic N) is 1. The van der Waals surface area contributed by atoms with Crippen LogP contribution in [0.15, 0.2) is 41.8 Å². The van der Waals surface area contributed by atoms with Crippen LogP contribution in [0.4, 0.5) is 0 Å². The number of morpholine rings is 1. The highest BCUT2D eigenvalue weighted by atomic mass is 32.1. The summed E-state index contributed by atoms with van der Waals surface area (Å²) in [5, 5.41) is 2.09. The van der Waals surface area contributed by atoms with Gasteiger partial charge in [-0.25, -0.2) is 0 Å². The maximum atomic E-state index is 12.5. The van der Waals surface area contributed by atoms with Crippen LogP contribution < -0.4 is 4.74 Å². The molecule has 1 atom stereocenters. The van der Waals surface area contributed by atoms with Gasteiger partial charge in [0.05, 0.1) is 19.8 Å². The van der Waals surface area contributed by atoms with E-state index in [1.807, 2.05) is 17.0 Å². The van der Waals surface area contributed by atoms with Crippen molar-refractivity contribution < 1.29 is 14.3 Å². The summed E-state index contributed by atoms with van der Waals surface area (Å²) in [7, 11) is 1.67. The number of hydrogen-bond donors (Lipinski definition) is 0. The van der Waals surface area contributed by atoms with Crippen molar-refractivity contribution in [2.24, 2.45) is 0 Å². The Morgan fingerprint density at radius 1 is 1.32 bits per heavy atom. The molecule has 134 valence electrons. The van der Waals surface area contributed by atoms with E-state index >= 15 is 0 Å². The van der Waals surface area contributed by atoms with E-state index in [0.29, 0.717) is 26.1 Å². The molecule has 3 rings (SSSR count). The van der Waals surface area contributed by atoms with Crippen molar-refractivity contribution in [2.45, 2.75) is 31.8 Å². The maximum Gasteiger partial charge on any atom is 0.222 e. The Balaban J connectivity index is 1.45. The molecular weight excluding hydrogens is 334 g/mol. The van der Waals surface area contributed by atoms with Gasteiger partial charge in [-0.2, -0.15) is 0 Å². The molecule has 1 amide bonds. The van der Waals surface area contributed by atoms with E-state index in [-0.39, 0.29) is 12.0 Å². The minimum atomic E-state index is 0.0726. The van der Waals surface area contributed by atoms with Crippen LogP contribution in [-0.2, 0) is 22.4 Å². The van der Waals surface area contributed by atoms with E-state index in [9.17, 15) is 4.79 Å². The molecule has 1 aromatic carbocycles. The van der Waals surface area contributed by atoms with Crippen molar-refractivity contribution in [1.82, 2.24) is 4.90 Å². The molecule has 5 heteroatoms. The van der Waals surface area contributed by atoms with Crippen LogP contribution in [-0.4, -0.2) is 43.7 Å². The number of hydrogen-bond acceptors (Lipinski definition) is 4. The zero-order chi connectivity index (χ0) is 17.5. The fraction of sp³-hybridized carbons (Fsp3) is 0.450. The SMILES string of the molecule is COc1ccc(CC2CN(C(=O)CCCc3cccs3)CCO2)cc1. The first-order valence-electron chi connectivity index (χ1n) is 8.79.